The molecule has 1 aliphatic rings. The van der Waals surface area contributed by atoms with Gasteiger partial charge in [0.1, 0.15) is 0 Å². The number of rotatable bonds is 0. The van der Waals surface area contributed by atoms with E-state index in [2.05, 4.69) is 4.40 Å². The monoisotopic (exact) mass is 169 g/mol. The highest BCUT2D eigenvalue weighted by molar-refractivity contribution is 8.23. The van der Waals surface area contributed by atoms with Gasteiger partial charge in [0.15, 0.2) is 0 Å². The van der Waals surface area contributed by atoms with Crippen LogP contribution in [0.15, 0.2) is 33.6 Å². The summed E-state index contributed by atoms with van der Waals surface area (Å²) >= 11 is 0. The molecule has 0 saturated carbocycles. The third-order valence-electron chi connectivity index (χ3n) is 1.55. The maximum atomic E-state index is 9.29. The first kappa shape index (κ1) is 6.84. The number of hydrogen-bond acceptors (Lipinski definition) is 3. The molecule has 58 valence electrons. The van der Waals surface area contributed by atoms with Crippen molar-refractivity contribution in [3.8, 4) is 0 Å². The Kier molecular flexibility index (Phi) is 1.29. The summed E-state index contributed by atoms with van der Waals surface area (Å²) in [6.07, 6.45) is 1.49. The molecule has 0 amide bonds. The molecule has 0 unspecified atom stereocenters. The van der Waals surface area contributed by atoms with E-state index >= 15 is 0 Å². The predicted octanol–water partition coefficient (Wildman–Crippen LogP) is 2.14. The van der Waals surface area contributed by atoms with Gasteiger partial charge in [-0.05, 0) is 6.07 Å². The van der Waals surface area contributed by atoms with Crippen molar-refractivity contribution in [1.29, 1.82) is 0 Å². The second-order valence-electron chi connectivity index (χ2n) is 2.29. The van der Waals surface area contributed by atoms with Crippen molar-refractivity contribution in [3.05, 3.63) is 29.8 Å². The fraction of sp³-hybridized carbons (Fsp3) is 0. The Bertz CT molecular complexity index is 322. The van der Waals surface area contributed by atoms with Crippen LogP contribution < -0.4 is 0 Å². The Morgan fingerprint density at radius 1 is 1.18 bits per heavy atom. The van der Waals surface area contributed by atoms with Crippen LogP contribution in [-0.2, 0) is 0 Å². The van der Waals surface area contributed by atoms with Crippen LogP contribution in [0.1, 0.15) is 5.56 Å². The van der Waals surface area contributed by atoms with Gasteiger partial charge in [-0.15, -0.1) is 0 Å². The van der Waals surface area contributed by atoms with E-state index < -0.39 is 10.8 Å². The highest BCUT2D eigenvalue weighted by atomic mass is 32.3. The molecule has 0 aromatic heterocycles. The minimum atomic E-state index is -2.84. The summed E-state index contributed by atoms with van der Waals surface area (Å²) in [5.41, 5.74) is 0.799. The maximum absolute atomic E-state index is 9.29. The van der Waals surface area contributed by atoms with Crippen LogP contribution in [0.3, 0.4) is 0 Å². The number of nitrogens with zero attached hydrogens (tertiary/aromatic N) is 1. The second-order valence-corrected chi connectivity index (χ2v) is 3.98. The van der Waals surface area contributed by atoms with Gasteiger partial charge in [0.25, 0.3) is 0 Å². The van der Waals surface area contributed by atoms with Gasteiger partial charge in [-0.2, -0.15) is 4.40 Å². The van der Waals surface area contributed by atoms with Crippen molar-refractivity contribution >= 4 is 17.0 Å². The lowest BCUT2D eigenvalue weighted by Crippen LogP contribution is -1.90. The van der Waals surface area contributed by atoms with Crippen LogP contribution in [0.4, 0.5) is 0 Å². The Balaban J connectivity index is 2.64. The lowest BCUT2D eigenvalue weighted by Gasteiger charge is -2.22. The summed E-state index contributed by atoms with van der Waals surface area (Å²) in [6, 6.07) is 7.09. The molecule has 11 heavy (non-hydrogen) atoms. The summed E-state index contributed by atoms with van der Waals surface area (Å²) in [7, 11) is -2.84. The lowest BCUT2D eigenvalue weighted by atomic mass is 10.2. The lowest BCUT2D eigenvalue weighted by molar-refractivity contribution is 0.491. The quantitative estimate of drug-likeness (QED) is 0.625. The Morgan fingerprint density at radius 2 is 1.91 bits per heavy atom. The topological polar surface area (TPSA) is 52.8 Å². The van der Waals surface area contributed by atoms with E-state index in [9.17, 15) is 9.11 Å². The van der Waals surface area contributed by atoms with Gasteiger partial charge in [0, 0.05) is 5.56 Å². The van der Waals surface area contributed by atoms with Crippen molar-refractivity contribution in [2.45, 2.75) is 4.90 Å². The molecule has 0 aliphatic carbocycles. The summed E-state index contributed by atoms with van der Waals surface area (Å²) in [5.74, 6) is 0. The number of fused-ring (bicyclic) bond motifs is 1. The zero-order chi connectivity index (χ0) is 7.90. The molecule has 0 atom stereocenters. The summed E-state index contributed by atoms with van der Waals surface area (Å²) < 4.78 is 22.2. The molecule has 0 radical (unpaired) electrons. The van der Waals surface area contributed by atoms with E-state index in [1.165, 1.54) is 6.21 Å². The van der Waals surface area contributed by atoms with Gasteiger partial charge in [-0.25, -0.2) is 0 Å². The Hall–Kier alpha value is -0.840. The summed E-state index contributed by atoms with van der Waals surface area (Å²) in [6.45, 7) is 0. The highest BCUT2D eigenvalue weighted by Crippen LogP contribution is 2.53. The van der Waals surface area contributed by atoms with E-state index in [1.54, 1.807) is 18.2 Å². The average Bonchev–Trinajstić information content (AvgIpc) is 2.29. The fourth-order valence-corrected chi connectivity index (χ4v) is 2.10. The normalized spacial score (nSPS) is 21.3. The zero-order valence-corrected chi connectivity index (χ0v) is 6.45. The molecule has 1 aliphatic heterocycles. The van der Waals surface area contributed by atoms with E-state index in [4.69, 9.17) is 0 Å². The minimum Gasteiger partial charge on any atom is -0.276 e. The molecule has 1 aromatic carbocycles. The van der Waals surface area contributed by atoms with Crippen molar-refractivity contribution in [3.63, 3.8) is 0 Å². The van der Waals surface area contributed by atoms with Crippen molar-refractivity contribution in [2.75, 3.05) is 0 Å². The Morgan fingerprint density at radius 3 is 2.64 bits per heavy atom. The van der Waals surface area contributed by atoms with Gasteiger partial charge < -0.3 is 0 Å². The third-order valence-corrected chi connectivity index (χ3v) is 2.91. The van der Waals surface area contributed by atoms with Crippen LogP contribution in [0, 0.1) is 0 Å². The molecule has 2 N–H and O–H groups in total. The summed E-state index contributed by atoms with van der Waals surface area (Å²) in [5, 5.41) is 0. The maximum Gasteiger partial charge on any atom is 0.0911 e. The van der Waals surface area contributed by atoms with Gasteiger partial charge >= 0.3 is 0 Å². The SMILES string of the molecule is OS1(O)N=Cc2ccccc21. The molecule has 1 aromatic rings. The standard InChI is InChI=1S/C7H7NO2S/c9-11(10)7-4-2-1-3-6(7)5-8-11/h1-5,9-10H. The van der Waals surface area contributed by atoms with E-state index in [0.29, 0.717) is 4.90 Å². The van der Waals surface area contributed by atoms with Gasteiger partial charge in [-0.1, -0.05) is 29.0 Å². The molecular weight excluding hydrogens is 162 g/mol. The summed E-state index contributed by atoms with van der Waals surface area (Å²) in [4.78, 5) is 0.528. The number of hydrogen-bond donors (Lipinski definition) is 2. The minimum absolute atomic E-state index is 0.528. The first-order chi connectivity index (χ1) is 5.20. The van der Waals surface area contributed by atoms with Crippen molar-refractivity contribution in [1.82, 2.24) is 0 Å². The molecule has 0 fully saturated rings. The molecule has 1 heterocycles. The average molecular weight is 169 g/mol. The molecule has 0 bridgehead atoms. The predicted molar refractivity (Wildman–Crippen MR) is 45.2 cm³/mol. The fourth-order valence-electron chi connectivity index (χ4n) is 1.02. The van der Waals surface area contributed by atoms with Gasteiger partial charge in [-0.3, -0.25) is 9.11 Å². The van der Waals surface area contributed by atoms with E-state index in [0.717, 1.165) is 5.56 Å². The van der Waals surface area contributed by atoms with Crippen LogP contribution in [0.5, 0.6) is 0 Å². The van der Waals surface area contributed by atoms with Gasteiger partial charge in [0.05, 0.1) is 11.1 Å². The zero-order valence-electron chi connectivity index (χ0n) is 5.64. The highest BCUT2D eigenvalue weighted by Gasteiger charge is 2.21. The van der Waals surface area contributed by atoms with E-state index in [1.807, 2.05) is 6.07 Å². The number of benzene rings is 1. The van der Waals surface area contributed by atoms with Gasteiger partial charge in [0.2, 0.25) is 0 Å². The molecule has 2 rings (SSSR count). The molecule has 0 spiro atoms. The first-order valence-electron chi connectivity index (χ1n) is 3.13. The smallest absolute Gasteiger partial charge is 0.0911 e. The second kappa shape index (κ2) is 2.07. The first-order valence-corrected chi connectivity index (χ1v) is 4.63. The largest absolute Gasteiger partial charge is 0.276 e. The molecule has 4 heteroatoms. The Labute approximate surface area is 65.9 Å². The van der Waals surface area contributed by atoms with Crippen LogP contribution in [-0.4, -0.2) is 15.3 Å². The molecular formula is C7H7NO2S. The van der Waals surface area contributed by atoms with Crippen LogP contribution >= 0.6 is 10.8 Å². The third kappa shape index (κ3) is 0.956. The molecule has 0 saturated heterocycles. The van der Waals surface area contributed by atoms with Crippen LogP contribution in [0.25, 0.3) is 0 Å². The molecule has 3 nitrogen and oxygen atoms in total. The van der Waals surface area contributed by atoms with Crippen molar-refractivity contribution < 1.29 is 9.11 Å². The van der Waals surface area contributed by atoms with Crippen molar-refractivity contribution in [2.24, 2.45) is 4.40 Å². The van der Waals surface area contributed by atoms with Crippen LogP contribution in [0.2, 0.25) is 0 Å². The van der Waals surface area contributed by atoms with E-state index in [-0.39, 0.29) is 0 Å².